The molecule has 0 spiro atoms. The third-order valence-electron chi connectivity index (χ3n) is 4.70. The lowest BCUT2D eigenvalue weighted by Crippen LogP contribution is -2.15. The van der Waals surface area contributed by atoms with Crippen LogP contribution in [0.3, 0.4) is 0 Å². The molecule has 0 saturated carbocycles. The summed E-state index contributed by atoms with van der Waals surface area (Å²) in [7, 11) is 0. The molecule has 2 aromatic carbocycles. The van der Waals surface area contributed by atoms with Crippen molar-refractivity contribution in [1.82, 2.24) is 9.97 Å². The lowest BCUT2D eigenvalue weighted by molar-refractivity contribution is 0.0996. The van der Waals surface area contributed by atoms with E-state index in [4.69, 9.17) is 4.42 Å². The number of aryl methyl sites for hydroxylation is 3. The van der Waals surface area contributed by atoms with Gasteiger partial charge < -0.3 is 20.4 Å². The molecule has 4 aromatic rings. The van der Waals surface area contributed by atoms with Gasteiger partial charge in [-0.2, -0.15) is 4.98 Å². The summed E-state index contributed by atoms with van der Waals surface area (Å²) in [4.78, 5) is 21.7. The van der Waals surface area contributed by atoms with Gasteiger partial charge in [0.1, 0.15) is 5.69 Å². The first-order chi connectivity index (χ1) is 15.0. The maximum atomic E-state index is 12.6. The van der Waals surface area contributed by atoms with Crippen molar-refractivity contribution in [2.24, 2.45) is 0 Å². The van der Waals surface area contributed by atoms with E-state index in [1.54, 1.807) is 12.1 Å². The number of amides is 1. The Morgan fingerprint density at radius 2 is 1.42 bits per heavy atom. The van der Waals surface area contributed by atoms with E-state index < -0.39 is 0 Å². The molecular formula is C24H23N5O2. The van der Waals surface area contributed by atoms with Gasteiger partial charge in [-0.25, -0.2) is 4.98 Å². The summed E-state index contributed by atoms with van der Waals surface area (Å²) in [5.74, 6) is 0.739. The molecule has 0 atom stereocenters. The second kappa shape index (κ2) is 8.71. The monoisotopic (exact) mass is 413 g/mol. The number of furan rings is 1. The standard InChI is InChI=1S/C24H23N5O2/c1-15-6-10-18(11-7-15)26-22-21(28-23(30)20-5-4-14-31-20)17(3)25-24(29-22)27-19-12-8-16(2)9-13-19/h4-14H,1-3H3,(H,28,30)(H2,25,26,27,29). The molecular weight excluding hydrogens is 390 g/mol. The van der Waals surface area contributed by atoms with Crippen LogP contribution in [-0.2, 0) is 0 Å². The molecule has 2 heterocycles. The fourth-order valence-electron chi connectivity index (χ4n) is 2.99. The highest BCUT2D eigenvalue weighted by molar-refractivity contribution is 6.04. The summed E-state index contributed by atoms with van der Waals surface area (Å²) in [6.07, 6.45) is 1.46. The van der Waals surface area contributed by atoms with Crippen molar-refractivity contribution < 1.29 is 9.21 Å². The van der Waals surface area contributed by atoms with Crippen molar-refractivity contribution in [2.45, 2.75) is 20.8 Å². The summed E-state index contributed by atoms with van der Waals surface area (Å²) >= 11 is 0. The minimum Gasteiger partial charge on any atom is -0.459 e. The molecule has 1 amide bonds. The van der Waals surface area contributed by atoms with Gasteiger partial charge in [-0.1, -0.05) is 35.4 Å². The summed E-state index contributed by atoms with van der Waals surface area (Å²) in [6, 6.07) is 19.1. The Hall–Kier alpha value is -4.13. The molecule has 0 aliphatic carbocycles. The SMILES string of the molecule is Cc1ccc(Nc2nc(C)c(NC(=O)c3ccco3)c(Nc3ccc(C)cc3)n2)cc1. The van der Waals surface area contributed by atoms with Gasteiger partial charge in [0.05, 0.1) is 12.0 Å². The molecule has 2 aromatic heterocycles. The number of aromatic nitrogens is 2. The first-order valence-corrected chi connectivity index (χ1v) is 9.89. The number of anilines is 5. The van der Waals surface area contributed by atoms with Gasteiger partial charge in [0, 0.05) is 11.4 Å². The second-order valence-corrected chi connectivity index (χ2v) is 7.27. The van der Waals surface area contributed by atoms with E-state index in [9.17, 15) is 4.79 Å². The number of rotatable bonds is 6. The first kappa shape index (κ1) is 20.2. The topological polar surface area (TPSA) is 92.1 Å². The van der Waals surface area contributed by atoms with E-state index in [1.165, 1.54) is 11.8 Å². The van der Waals surface area contributed by atoms with Gasteiger partial charge in [-0.15, -0.1) is 0 Å². The first-order valence-electron chi connectivity index (χ1n) is 9.89. The van der Waals surface area contributed by atoms with Gasteiger partial charge in [0.2, 0.25) is 5.95 Å². The molecule has 156 valence electrons. The molecule has 3 N–H and O–H groups in total. The normalized spacial score (nSPS) is 10.5. The molecule has 7 nitrogen and oxygen atoms in total. The van der Waals surface area contributed by atoms with E-state index in [2.05, 4.69) is 25.9 Å². The molecule has 4 rings (SSSR count). The number of hydrogen-bond donors (Lipinski definition) is 3. The predicted octanol–water partition coefficient (Wildman–Crippen LogP) is 5.73. The van der Waals surface area contributed by atoms with Crippen LogP contribution in [0.4, 0.5) is 28.8 Å². The van der Waals surface area contributed by atoms with E-state index in [-0.39, 0.29) is 11.7 Å². The van der Waals surface area contributed by atoms with Crippen LogP contribution in [0.2, 0.25) is 0 Å². The lowest BCUT2D eigenvalue weighted by atomic mass is 10.2. The number of nitrogens with one attached hydrogen (secondary N) is 3. The average Bonchev–Trinajstić information content (AvgIpc) is 3.29. The Kier molecular flexibility index (Phi) is 5.66. The molecule has 0 radical (unpaired) electrons. The van der Waals surface area contributed by atoms with Crippen LogP contribution >= 0.6 is 0 Å². The van der Waals surface area contributed by atoms with Crippen LogP contribution in [0.5, 0.6) is 0 Å². The van der Waals surface area contributed by atoms with Gasteiger partial charge in [-0.05, 0) is 57.2 Å². The molecule has 0 fully saturated rings. The van der Waals surface area contributed by atoms with Gasteiger partial charge in [-0.3, -0.25) is 4.79 Å². The number of nitrogens with zero attached hydrogens (tertiary/aromatic N) is 2. The Balaban J connectivity index is 1.68. The van der Waals surface area contributed by atoms with E-state index in [0.29, 0.717) is 23.1 Å². The zero-order valence-electron chi connectivity index (χ0n) is 17.6. The number of carbonyl (C=O) groups excluding carboxylic acids is 1. The molecule has 0 aliphatic heterocycles. The molecule has 0 saturated heterocycles. The molecule has 0 bridgehead atoms. The fraction of sp³-hybridized carbons (Fsp3) is 0.125. The number of carbonyl (C=O) groups is 1. The van der Waals surface area contributed by atoms with Crippen LogP contribution in [0.1, 0.15) is 27.4 Å². The Morgan fingerprint density at radius 1 is 0.806 bits per heavy atom. The fourth-order valence-corrected chi connectivity index (χ4v) is 2.99. The minimum absolute atomic E-state index is 0.211. The van der Waals surface area contributed by atoms with Gasteiger partial charge >= 0.3 is 0 Å². The number of hydrogen-bond acceptors (Lipinski definition) is 6. The van der Waals surface area contributed by atoms with Crippen LogP contribution in [0.25, 0.3) is 0 Å². The summed E-state index contributed by atoms with van der Waals surface area (Å²) in [5.41, 5.74) is 5.13. The van der Waals surface area contributed by atoms with Crippen LogP contribution < -0.4 is 16.0 Å². The molecule has 0 aliphatic rings. The number of benzene rings is 2. The van der Waals surface area contributed by atoms with E-state index >= 15 is 0 Å². The highest BCUT2D eigenvalue weighted by atomic mass is 16.3. The predicted molar refractivity (Wildman–Crippen MR) is 122 cm³/mol. The van der Waals surface area contributed by atoms with E-state index in [1.807, 2.05) is 69.3 Å². The van der Waals surface area contributed by atoms with Crippen molar-refractivity contribution in [2.75, 3.05) is 16.0 Å². The van der Waals surface area contributed by atoms with Gasteiger partial charge in [0.15, 0.2) is 11.6 Å². The molecule has 0 unspecified atom stereocenters. The van der Waals surface area contributed by atoms with E-state index in [0.717, 1.165) is 16.9 Å². The van der Waals surface area contributed by atoms with Crippen molar-refractivity contribution in [1.29, 1.82) is 0 Å². The van der Waals surface area contributed by atoms with Crippen LogP contribution in [0.15, 0.2) is 71.3 Å². The van der Waals surface area contributed by atoms with Crippen molar-refractivity contribution >= 4 is 34.7 Å². The Morgan fingerprint density at radius 3 is 2.00 bits per heavy atom. The third kappa shape index (κ3) is 4.90. The highest BCUT2D eigenvalue weighted by Gasteiger charge is 2.17. The maximum Gasteiger partial charge on any atom is 0.291 e. The summed E-state index contributed by atoms with van der Waals surface area (Å²) < 4.78 is 5.21. The smallest absolute Gasteiger partial charge is 0.291 e. The Bertz CT molecular complexity index is 1180. The Labute approximate surface area is 180 Å². The second-order valence-electron chi connectivity index (χ2n) is 7.27. The van der Waals surface area contributed by atoms with Crippen molar-refractivity contribution in [3.8, 4) is 0 Å². The van der Waals surface area contributed by atoms with Crippen molar-refractivity contribution in [3.63, 3.8) is 0 Å². The zero-order chi connectivity index (χ0) is 21.8. The quantitative estimate of drug-likeness (QED) is 0.374. The maximum absolute atomic E-state index is 12.6. The molecule has 31 heavy (non-hydrogen) atoms. The zero-order valence-corrected chi connectivity index (χ0v) is 17.6. The third-order valence-corrected chi connectivity index (χ3v) is 4.70. The summed E-state index contributed by atoms with van der Waals surface area (Å²) in [6.45, 7) is 5.88. The highest BCUT2D eigenvalue weighted by Crippen LogP contribution is 2.29. The van der Waals surface area contributed by atoms with Crippen molar-refractivity contribution in [3.05, 3.63) is 89.5 Å². The lowest BCUT2D eigenvalue weighted by Gasteiger charge is -2.16. The molecule has 7 heteroatoms. The van der Waals surface area contributed by atoms with Gasteiger partial charge in [0.25, 0.3) is 5.91 Å². The summed E-state index contributed by atoms with van der Waals surface area (Å²) in [5, 5.41) is 9.38. The largest absolute Gasteiger partial charge is 0.459 e. The average molecular weight is 413 g/mol. The minimum atomic E-state index is -0.372. The van der Waals surface area contributed by atoms with Crippen LogP contribution in [-0.4, -0.2) is 15.9 Å². The van der Waals surface area contributed by atoms with Crippen LogP contribution in [0, 0.1) is 20.8 Å².